The molecule has 0 radical (unpaired) electrons. The fourth-order valence-corrected chi connectivity index (χ4v) is 1.99. The van der Waals surface area contributed by atoms with Crippen LogP contribution in [-0.4, -0.2) is 11.2 Å². The summed E-state index contributed by atoms with van der Waals surface area (Å²) in [6.07, 6.45) is -5.66. The Labute approximate surface area is 107 Å². The van der Waals surface area contributed by atoms with Crippen molar-refractivity contribution >= 4 is 26.8 Å². The van der Waals surface area contributed by atoms with E-state index in [-0.39, 0.29) is 9.99 Å². The smallest absolute Gasteiger partial charge is 0.246 e. The van der Waals surface area contributed by atoms with Crippen molar-refractivity contribution in [2.45, 2.75) is 12.1 Å². The van der Waals surface area contributed by atoms with Crippen molar-refractivity contribution in [3.05, 3.63) is 40.5 Å². The quantitative estimate of drug-likeness (QED) is 0.695. The highest BCUT2D eigenvalue weighted by atomic mass is 79.9. The molecule has 0 aliphatic carbocycles. The molecule has 0 N–H and O–H groups in total. The SMILES string of the molecule is FC(F)(F)C(F)(F)c1cc(Br)c2ccccc2n1. The molecule has 0 bridgehead atoms. The van der Waals surface area contributed by atoms with E-state index in [0.717, 1.165) is 0 Å². The fourth-order valence-electron chi connectivity index (χ4n) is 1.44. The van der Waals surface area contributed by atoms with Gasteiger partial charge in [0.2, 0.25) is 0 Å². The van der Waals surface area contributed by atoms with Crippen molar-refractivity contribution < 1.29 is 22.0 Å². The maximum Gasteiger partial charge on any atom is 0.459 e. The first-order valence-corrected chi connectivity index (χ1v) is 5.53. The molecule has 2 aromatic rings. The largest absolute Gasteiger partial charge is 0.459 e. The summed E-state index contributed by atoms with van der Waals surface area (Å²) < 4.78 is 63.2. The maximum absolute atomic E-state index is 13.2. The summed E-state index contributed by atoms with van der Waals surface area (Å²) in [7, 11) is 0. The van der Waals surface area contributed by atoms with Gasteiger partial charge in [-0.15, -0.1) is 0 Å². The number of aromatic nitrogens is 1. The van der Waals surface area contributed by atoms with E-state index in [1.807, 2.05) is 0 Å². The minimum absolute atomic E-state index is 0.0748. The van der Waals surface area contributed by atoms with E-state index in [1.54, 1.807) is 12.1 Å². The number of fused-ring (bicyclic) bond motifs is 1. The van der Waals surface area contributed by atoms with Crippen LogP contribution in [0.4, 0.5) is 22.0 Å². The van der Waals surface area contributed by atoms with Gasteiger partial charge in [-0.3, -0.25) is 0 Å². The van der Waals surface area contributed by atoms with Gasteiger partial charge in [0.15, 0.2) is 0 Å². The summed E-state index contributed by atoms with van der Waals surface area (Å²) in [6, 6.07) is 6.78. The number of benzene rings is 1. The first-order chi connectivity index (χ1) is 8.23. The van der Waals surface area contributed by atoms with Gasteiger partial charge in [-0.2, -0.15) is 22.0 Å². The minimum atomic E-state index is -5.66. The summed E-state index contributed by atoms with van der Waals surface area (Å²) in [6.45, 7) is 0. The Hall–Kier alpha value is -1.24. The van der Waals surface area contributed by atoms with Crippen LogP contribution < -0.4 is 0 Å². The second-order valence-corrected chi connectivity index (χ2v) is 4.43. The van der Waals surface area contributed by atoms with Crippen LogP contribution in [0.3, 0.4) is 0 Å². The number of rotatable bonds is 1. The molecule has 1 heterocycles. The molecule has 0 saturated carbocycles. The molecule has 1 aromatic carbocycles. The van der Waals surface area contributed by atoms with Gasteiger partial charge in [0.05, 0.1) is 5.52 Å². The molecule has 96 valence electrons. The van der Waals surface area contributed by atoms with Crippen molar-refractivity contribution in [2.24, 2.45) is 0 Å². The Kier molecular flexibility index (Phi) is 3.04. The molecule has 2 rings (SSSR count). The van der Waals surface area contributed by atoms with Gasteiger partial charge in [0.25, 0.3) is 0 Å². The summed E-state index contributed by atoms with van der Waals surface area (Å²) in [5, 5.41) is 0.472. The summed E-state index contributed by atoms with van der Waals surface area (Å²) in [4.78, 5) is 3.37. The predicted molar refractivity (Wildman–Crippen MR) is 59.4 cm³/mol. The molecule has 7 heteroatoms. The van der Waals surface area contributed by atoms with Crippen LogP contribution in [0.25, 0.3) is 10.9 Å². The highest BCUT2D eigenvalue weighted by Crippen LogP contribution is 2.44. The molecule has 0 amide bonds. The van der Waals surface area contributed by atoms with Crippen molar-refractivity contribution in [3.8, 4) is 0 Å². The zero-order valence-corrected chi connectivity index (χ0v) is 10.2. The zero-order valence-electron chi connectivity index (χ0n) is 8.60. The fraction of sp³-hybridized carbons (Fsp3) is 0.182. The number of hydrogen-bond acceptors (Lipinski definition) is 1. The van der Waals surface area contributed by atoms with Crippen LogP contribution in [0.5, 0.6) is 0 Å². The van der Waals surface area contributed by atoms with E-state index in [4.69, 9.17) is 0 Å². The van der Waals surface area contributed by atoms with Crippen molar-refractivity contribution in [1.82, 2.24) is 4.98 Å². The first kappa shape index (κ1) is 13.2. The Balaban J connectivity index is 2.67. The standard InChI is InChI=1S/C11H5BrF5N/c12-7-5-9(10(13,14)11(15,16)17)18-8-4-2-1-3-6(7)8/h1-5H. The van der Waals surface area contributed by atoms with Gasteiger partial charge in [-0.1, -0.05) is 34.1 Å². The Bertz CT molecular complexity index is 593. The van der Waals surface area contributed by atoms with Crippen LogP contribution in [0.1, 0.15) is 5.69 Å². The average molecular weight is 326 g/mol. The van der Waals surface area contributed by atoms with E-state index in [2.05, 4.69) is 20.9 Å². The topological polar surface area (TPSA) is 12.9 Å². The average Bonchev–Trinajstić information content (AvgIpc) is 2.27. The molecule has 0 saturated heterocycles. The lowest BCUT2D eigenvalue weighted by Crippen LogP contribution is -2.34. The van der Waals surface area contributed by atoms with Gasteiger partial charge < -0.3 is 0 Å². The van der Waals surface area contributed by atoms with E-state index < -0.39 is 17.8 Å². The molecule has 18 heavy (non-hydrogen) atoms. The molecule has 0 unspecified atom stereocenters. The van der Waals surface area contributed by atoms with E-state index in [9.17, 15) is 22.0 Å². The number of para-hydroxylation sites is 1. The van der Waals surface area contributed by atoms with Gasteiger partial charge in [-0.25, -0.2) is 4.98 Å². The third-order valence-electron chi connectivity index (χ3n) is 2.34. The molecule has 0 atom stereocenters. The molecule has 1 nitrogen and oxygen atoms in total. The van der Waals surface area contributed by atoms with Crippen molar-refractivity contribution in [1.29, 1.82) is 0 Å². The lowest BCUT2D eigenvalue weighted by Gasteiger charge is -2.19. The number of hydrogen-bond donors (Lipinski definition) is 0. The number of nitrogens with zero attached hydrogens (tertiary/aromatic N) is 1. The van der Waals surface area contributed by atoms with Gasteiger partial charge in [0, 0.05) is 9.86 Å². The lowest BCUT2D eigenvalue weighted by atomic mass is 10.1. The summed E-state index contributed by atoms with van der Waals surface area (Å²) in [5.41, 5.74) is -1.24. The third kappa shape index (κ3) is 2.07. The van der Waals surface area contributed by atoms with Gasteiger partial charge >= 0.3 is 12.1 Å². The van der Waals surface area contributed by atoms with Gasteiger partial charge in [0.1, 0.15) is 5.69 Å². The zero-order chi connectivity index (χ0) is 13.6. The second-order valence-electron chi connectivity index (χ2n) is 3.58. The Morgan fingerprint density at radius 3 is 2.22 bits per heavy atom. The minimum Gasteiger partial charge on any atom is -0.246 e. The Morgan fingerprint density at radius 1 is 1.00 bits per heavy atom. The highest BCUT2D eigenvalue weighted by Gasteiger charge is 2.60. The van der Waals surface area contributed by atoms with E-state index in [0.29, 0.717) is 11.5 Å². The molecule has 0 spiro atoms. The number of alkyl halides is 5. The molecule has 1 aromatic heterocycles. The number of pyridine rings is 1. The first-order valence-electron chi connectivity index (χ1n) is 4.74. The monoisotopic (exact) mass is 325 g/mol. The maximum atomic E-state index is 13.2. The van der Waals surface area contributed by atoms with Crippen LogP contribution >= 0.6 is 15.9 Å². The highest BCUT2D eigenvalue weighted by molar-refractivity contribution is 9.10. The van der Waals surface area contributed by atoms with Crippen molar-refractivity contribution in [2.75, 3.05) is 0 Å². The van der Waals surface area contributed by atoms with Crippen molar-refractivity contribution in [3.63, 3.8) is 0 Å². The third-order valence-corrected chi connectivity index (χ3v) is 3.00. The lowest BCUT2D eigenvalue weighted by molar-refractivity contribution is -0.290. The van der Waals surface area contributed by atoms with Crippen LogP contribution in [0.2, 0.25) is 0 Å². The molecule has 0 aliphatic heterocycles. The predicted octanol–water partition coefficient (Wildman–Crippen LogP) is 4.65. The van der Waals surface area contributed by atoms with Gasteiger partial charge in [-0.05, 0) is 12.1 Å². The van der Waals surface area contributed by atoms with Crippen LogP contribution in [-0.2, 0) is 5.92 Å². The molecular formula is C11H5BrF5N. The number of halogens is 6. The van der Waals surface area contributed by atoms with E-state index in [1.165, 1.54) is 12.1 Å². The molecular weight excluding hydrogens is 321 g/mol. The normalized spacial score (nSPS) is 13.0. The molecule has 0 aliphatic rings. The molecule has 0 fully saturated rings. The summed E-state index contributed by atoms with van der Waals surface area (Å²) >= 11 is 2.97. The van der Waals surface area contributed by atoms with E-state index >= 15 is 0 Å². The van der Waals surface area contributed by atoms with Crippen LogP contribution in [0.15, 0.2) is 34.8 Å². The second kappa shape index (κ2) is 4.15. The van der Waals surface area contributed by atoms with Crippen LogP contribution in [0, 0.1) is 0 Å². The summed E-state index contributed by atoms with van der Waals surface area (Å²) in [5.74, 6) is -4.97. The Morgan fingerprint density at radius 2 is 1.61 bits per heavy atom.